The number of rotatable bonds is 4. The van der Waals surface area contributed by atoms with E-state index in [1.165, 1.54) is 0 Å². The Morgan fingerprint density at radius 2 is 1.96 bits per heavy atom. The van der Waals surface area contributed by atoms with Gasteiger partial charge >= 0.3 is 0 Å². The minimum absolute atomic E-state index is 0.105. The van der Waals surface area contributed by atoms with Crippen molar-refractivity contribution in [2.75, 3.05) is 12.1 Å². The second-order valence-corrected chi connectivity index (χ2v) is 6.90. The highest BCUT2D eigenvalue weighted by Crippen LogP contribution is 2.49. The highest BCUT2D eigenvalue weighted by molar-refractivity contribution is 6.00. The zero-order valence-electron chi connectivity index (χ0n) is 14.7. The predicted molar refractivity (Wildman–Crippen MR) is 96.6 cm³/mol. The third kappa shape index (κ3) is 2.71. The van der Waals surface area contributed by atoms with E-state index in [1.54, 1.807) is 6.20 Å². The van der Waals surface area contributed by atoms with Gasteiger partial charge in [-0.15, -0.1) is 0 Å². The molecule has 2 aliphatic rings. The van der Waals surface area contributed by atoms with Crippen LogP contribution in [0, 0.1) is 6.92 Å². The molecule has 3 heterocycles. The molecule has 1 aromatic carbocycles. The second-order valence-electron chi connectivity index (χ2n) is 6.90. The van der Waals surface area contributed by atoms with Crippen LogP contribution in [-0.4, -0.2) is 22.8 Å². The smallest absolute Gasteiger partial charge is 0.237 e. The number of anilines is 1. The van der Waals surface area contributed by atoms with Crippen molar-refractivity contribution >= 4 is 11.7 Å². The summed E-state index contributed by atoms with van der Waals surface area (Å²) in [6, 6.07) is 11.1. The summed E-state index contributed by atoms with van der Waals surface area (Å²) in [6.07, 6.45) is 3.15. The van der Waals surface area contributed by atoms with E-state index in [2.05, 4.69) is 15.5 Å². The molecule has 7 nitrogen and oxygen atoms in total. The largest absolute Gasteiger partial charge is 0.454 e. The quantitative estimate of drug-likeness (QED) is 0.764. The number of hydrogen-bond donors (Lipinski definition) is 1. The van der Waals surface area contributed by atoms with Gasteiger partial charge in [0.15, 0.2) is 17.3 Å². The number of pyridine rings is 1. The van der Waals surface area contributed by atoms with E-state index in [9.17, 15) is 4.79 Å². The molecule has 0 radical (unpaired) electrons. The van der Waals surface area contributed by atoms with Gasteiger partial charge in [-0.05, 0) is 55.7 Å². The number of nitrogens with zero attached hydrogens (tertiary/aromatic N) is 2. The number of carbonyl (C=O) groups is 1. The second kappa shape index (κ2) is 5.84. The number of nitrogens with one attached hydrogen (secondary N) is 1. The van der Waals surface area contributed by atoms with Gasteiger partial charge in [-0.3, -0.25) is 4.79 Å². The summed E-state index contributed by atoms with van der Waals surface area (Å²) >= 11 is 0. The van der Waals surface area contributed by atoms with Crippen molar-refractivity contribution in [2.24, 2.45) is 0 Å². The highest BCUT2D eigenvalue weighted by atomic mass is 16.7. The van der Waals surface area contributed by atoms with Crippen molar-refractivity contribution in [2.45, 2.75) is 25.2 Å². The van der Waals surface area contributed by atoms with Crippen LogP contribution in [0.15, 0.2) is 47.1 Å². The van der Waals surface area contributed by atoms with Crippen LogP contribution in [0.1, 0.15) is 24.1 Å². The summed E-state index contributed by atoms with van der Waals surface area (Å²) in [5.41, 5.74) is 1.86. The first-order chi connectivity index (χ1) is 13.1. The first-order valence-corrected chi connectivity index (χ1v) is 8.75. The number of benzene rings is 1. The number of carbonyl (C=O) groups excluding carboxylic acids is 1. The van der Waals surface area contributed by atoms with Crippen LogP contribution < -0.4 is 14.8 Å². The SMILES string of the molecule is Cc1ccnc(NC(=O)C2(c3cc(-c4ccc5c(c4)OCO5)on3)CC2)c1. The van der Waals surface area contributed by atoms with Crippen LogP contribution in [0.25, 0.3) is 11.3 Å². The fraction of sp³-hybridized carbons (Fsp3) is 0.250. The molecular formula is C20H17N3O4. The summed E-state index contributed by atoms with van der Waals surface area (Å²) in [5.74, 6) is 2.42. The molecule has 0 unspecified atom stereocenters. The van der Waals surface area contributed by atoms with Gasteiger partial charge in [0.1, 0.15) is 5.82 Å². The first-order valence-electron chi connectivity index (χ1n) is 8.75. The van der Waals surface area contributed by atoms with Gasteiger partial charge in [0.2, 0.25) is 12.7 Å². The average Bonchev–Trinajstić information content (AvgIpc) is 3.11. The number of fused-ring (bicyclic) bond motifs is 1. The maximum absolute atomic E-state index is 12.8. The van der Waals surface area contributed by atoms with Gasteiger partial charge in [-0.2, -0.15) is 0 Å². The number of amides is 1. The van der Waals surface area contributed by atoms with Crippen molar-refractivity contribution in [3.8, 4) is 22.8 Å². The first kappa shape index (κ1) is 15.9. The molecule has 0 atom stereocenters. The lowest BCUT2D eigenvalue weighted by Crippen LogP contribution is -2.28. The average molecular weight is 363 g/mol. The maximum atomic E-state index is 12.8. The Morgan fingerprint density at radius 1 is 1.11 bits per heavy atom. The Labute approximate surface area is 155 Å². The van der Waals surface area contributed by atoms with E-state index in [-0.39, 0.29) is 12.7 Å². The Hall–Kier alpha value is -3.35. The summed E-state index contributed by atoms with van der Waals surface area (Å²) in [6.45, 7) is 2.18. The van der Waals surface area contributed by atoms with E-state index in [1.807, 2.05) is 43.3 Å². The molecule has 1 aliphatic heterocycles. The topological polar surface area (TPSA) is 86.5 Å². The van der Waals surface area contributed by atoms with Crippen LogP contribution in [0.4, 0.5) is 5.82 Å². The third-order valence-electron chi connectivity index (χ3n) is 5.00. The van der Waals surface area contributed by atoms with E-state index in [0.29, 0.717) is 28.8 Å². The fourth-order valence-electron chi connectivity index (χ4n) is 3.25. The molecule has 27 heavy (non-hydrogen) atoms. The molecule has 2 aromatic heterocycles. The van der Waals surface area contributed by atoms with E-state index < -0.39 is 5.41 Å². The van der Waals surface area contributed by atoms with Gasteiger partial charge in [0.25, 0.3) is 0 Å². The zero-order chi connectivity index (χ0) is 18.4. The number of ether oxygens (including phenoxy) is 2. The molecule has 3 aromatic rings. The Bertz CT molecular complexity index is 1040. The molecule has 1 amide bonds. The van der Waals surface area contributed by atoms with Crippen molar-refractivity contribution in [3.05, 3.63) is 53.9 Å². The Kier molecular flexibility index (Phi) is 3.43. The molecule has 1 N–H and O–H groups in total. The highest BCUT2D eigenvalue weighted by Gasteiger charge is 2.54. The molecule has 136 valence electrons. The van der Waals surface area contributed by atoms with Crippen LogP contribution in [0.3, 0.4) is 0 Å². The molecule has 0 saturated heterocycles. The minimum Gasteiger partial charge on any atom is -0.454 e. The normalized spacial score (nSPS) is 16.2. The standard InChI is InChI=1S/C20H17N3O4/c1-12-4-7-21-18(8-12)22-19(24)20(5-6-20)17-10-15(27-23-17)13-2-3-14-16(9-13)26-11-25-14/h2-4,7-10H,5-6,11H2,1H3,(H,21,22,24). The monoisotopic (exact) mass is 363 g/mol. The van der Waals surface area contributed by atoms with Crippen molar-refractivity contribution in [1.29, 1.82) is 0 Å². The lowest BCUT2D eigenvalue weighted by atomic mass is 10.00. The minimum atomic E-state index is -0.649. The fourth-order valence-corrected chi connectivity index (χ4v) is 3.25. The maximum Gasteiger partial charge on any atom is 0.237 e. The van der Waals surface area contributed by atoms with Crippen LogP contribution in [-0.2, 0) is 10.2 Å². The summed E-state index contributed by atoms with van der Waals surface area (Å²) in [7, 11) is 0. The molecule has 0 bridgehead atoms. The summed E-state index contributed by atoms with van der Waals surface area (Å²) < 4.78 is 16.2. The lowest BCUT2D eigenvalue weighted by Gasteiger charge is -2.12. The molecule has 0 spiro atoms. The van der Waals surface area contributed by atoms with Crippen molar-refractivity contribution < 1.29 is 18.8 Å². The van der Waals surface area contributed by atoms with Gasteiger partial charge < -0.3 is 19.3 Å². The predicted octanol–water partition coefficient (Wildman–Crippen LogP) is 3.44. The zero-order valence-corrected chi connectivity index (χ0v) is 14.7. The summed E-state index contributed by atoms with van der Waals surface area (Å²) in [5, 5.41) is 7.07. The van der Waals surface area contributed by atoms with Gasteiger partial charge in [0, 0.05) is 17.8 Å². The van der Waals surface area contributed by atoms with Gasteiger partial charge in [-0.25, -0.2) is 4.98 Å². The summed E-state index contributed by atoms with van der Waals surface area (Å²) in [4.78, 5) is 17.0. The number of hydrogen-bond acceptors (Lipinski definition) is 6. The molecule has 1 saturated carbocycles. The van der Waals surface area contributed by atoms with Crippen molar-refractivity contribution in [3.63, 3.8) is 0 Å². The van der Waals surface area contributed by atoms with Gasteiger partial charge in [-0.1, -0.05) is 5.16 Å². The van der Waals surface area contributed by atoms with E-state index in [4.69, 9.17) is 14.0 Å². The van der Waals surface area contributed by atoms with E-state index >= 15 is 0 Å². The number of aryl methyl sites for hydroxylation is 1. The van der Waals surface area contributed by atoms with Crippen LogP contribution in [0.2, 0.25) is 0 Å². The lowest BCUT2D eigenvalue weighted by molar-refractivity contribution is -0.118. The molecular weight excluding hydrogens is 346 g/mol. The Morgan fingerprint density at radius 3 is 2.78 bits per heavy atom. The van der Waals surface area contributed by atoms with Crippen LogP contribution >= 0.6 is 0 Å². The van der Waals surface area contributed by atoms with Crippen molar-refractivity contribution in [1.82, 2.24) is 10.1 Å². The van der Waals surface area contributed by atoms with Gasteiger partial charge in [0.05, 0.1) is 11.1 Å². The molecule has 1 fully saturated rings. The van der Waals surface area contributed by atoms with Crippen LogP contribution in [0.5, 0.6) is 11.5 Å². The van der Waals surface area contributed by atoms with E-state index in [0.717, 1.165) is 24.0 Å². The molecule has 5 rings (SSSR count). The number of aromatic nitrogens is 2. The Balaban J connectivity index is 1.39. The molecule has 7 heteroatoms. The third-order valence-corrected chi connectivity index (χ3v) is 5.00. The molecule has 1 aliphatic carbocycles.